The summed E-state index contributed by atoms with van der Waals surface area (Å²) < 4.78 is 23.9. The van der Waals surface area contributed by atoms with Crippen LogP contribution < -0.4 is 9.47 Å². The molecule has 1 atom stereocenters. The Bertz CT molecular complexity index is 1300. The van der Waals surface area contributed by atoms with E-state index in [1.807, 2.05) is 0 Å². The molecule has 7 nitrogen and oxygen atoms in total. The highest BCUT2D eigenvalue weighted by molar-refractivity contribution is 6.46. The molecule has 1 aliphatic heterocycles. The smallest absolute Gasteiger partial charge is 0.295 e. The first kappa shape index (κ1) is 24.2. The molecule has 1 aliphatic rings. The molecule has 1 aromatic heterocycles. The van der Waals surface area contributed by atoms with Gasteiger partial charge in [0.15, 0.2) is 0 Å². The van der Waals surface area contributed by atoms with E-state index in [1.165, 1.54) is 43.4 Å². The lowest BCUT2D eigenvalue weighted by atomic mass is 9.95. The van der Waals surface area contributed by atoms with Crippen LogP contribution >= 0.6 is 11.6 Å². The van der Waals surface area contributed by atoms with Gasteiger partial charge in [-0.05, 0) is 47.9 Å². The summed E-state index contributed by atoms with van der Waals surface area (Å²) in [4.78, 5) is 31.8. The predicted molar refractivity (Wildman–Crippen MR) is 128 cm³/mol. The van der Waals surface area contributed by atoms with Crippen LogP contribution in [0.3, 0.4) is 0 Å². The SMILES string of the molecule is COc1cc(/C(O)=C2\C(=O)C(=O)N(CCc3ccc(F)cc3)C2c2ccncc2)c(OC)cc1Cl. The van der Waals surface area contributed by atoms with Gasteiger partial charge in [0, 0.05) is 25.0 Å². The highest BCUT2D eigenvalue weighted by Crippen LogP contribution is 2.43. The highest BCUT2D eigenvalue weighted by Gasteiger charge is 2.46. The van der Waals surface area contributed by atoms with Crippen molar-refractivity contribution in [2.24, 2.45) is 0 Å². The molecule has 1 fully saturated rings. The van der Waals surface area contributed by atoms with Crippen LogP contribution in [-0.2, 0) is 16.0 Å². The average molecular weight is 497 g/mol. The molecule has 2 aromatic carbocycles. The summed E-state index contributed by atoms with van der Waals surface area (Å²) in [6.07, 6.45) is 3.47. The first-order valence-corrected chi connectivity index (χ1v) is 11.1. The summed E-state index contributed by atoms with van der Waals surface area (Å²) in [5.74, 6) is -1.89. The molecule has 180 valence electrons. The average Bonchev–Trinajstić information content (AvgIpc) is 3.13. The zero-order valence-electron chi connectivity index (χ0n) is 19.0. The lowest BCUT2D eigenvalue weighted by Crippen LogP contribution is -2.31. The number of aromatic nitrogens is 1. The Morgan fingerprint density at radius 2 is 1.71 bits per heavy atom. The van der Waals surface area contributed by atoms with Crippen molar-refractivity contribution < 1.29 is 28.6 Å². The standard InChI is InChI=1S/C26H22ClFN2O5/c1-34-20-14-19(27)21(35-2)13-18(20)24(31)22-23(16-7-10-29-11-8-16)30(26(33)25(22)32)12-9-15-3-5-17(28)6-4-15/h3-8,10-11,13-14,23,31H,9,12H2,1-2H3/b24-22+. The second-order valence-electron chi connectivity index (χ2n) is 7.84. The van der Waals surface area contributed by atoms with E-state index in [4.69, 9.17) is 21.1 Å². The van der Waals surface area contributed by atoms with Crippen LogP contribution in [0.4, 0.5) is 4.39 Å². The fourth-order valence-corrected chi connectivity index (χ4v) is 4.32. The Kier molecular flexibility index (Phi) is 7.02. The van der Waals surface area contributed by atoms with E-state index in [-0.39, 0.29) is 40.0 Å². The van der Waals surface area contributed by atoms with Crippen LogP contribution in [0.5, 0.6) is 11.5 Å². The monoisotopic (exact) mass is 496 g/mol. The largest absolute Gasteiger partial charge is 0.507 e. The van der Waals surface area contributed by atoms with Gasteiger partial charge in [0.2, 0.25) is 0 Å². The normalized spacial score (nSPS) is 17.0. The number of carbonyl (C=O) groups excluding carboxylic acids is 2. The number of hydrogen-bond donors (Lipinski definition) is 1. The van der Waals surface area contributed by atoms with Crippen molar-refractivity contribution in [1.29, 1.82) is 0 Å². The number of amides is 1. The summed E-state index contributed by atoms with van der Waals surface area (Å²) in [7, 11) is 2.82. The molecule has 0 spiro atoms. The number of carbonyl (C=O) groups is 2. The van der Waals surface area contributed by atoms with Gasteiger partial charge >= 0.3 is 0 Å². The van der Waals surface area contributed by atoms with Gasteiger partial charge in [-0.1, -0.05) is 23.7 Å². The number of halogens is 2. The van der Waals surface area contributed by atoms with E-state index >= 15 is 0 Å². The van der Waals surface area contributed by atoms with Crippen LogP contribution in [0.2, 0.25) is 5.02 Å². The topological polar surface area (TPSA) is 89.0 Å². The fourth-order valence-electron chi connectivity index (χ4n) is 4.09. The molecule has 2 heterocycles. The number of Topliss-reactive ketones (excluding diaryl/α,β-unsaturated/α-hetero) is 1. The minimum atomic E-state index is -0.871. The van der Waals surface area contributed by atoms with E-state index < -0.39 is 23.5 Å². The molecule has 9 heteroatoms. The van der Waals surface area contributed by atoms with Gasteiger partial charge in [-0.25, -0.2) is 4.39 Å². The van der Waals surface area contributed by atoms with Gasteiger partial charge in [0.25, 0.3) is 11.7 Å². The van der Waals surface area contributed by atoms with Crippen molar-refractivity contribution in [3.05, 3.63) is 94.0 Å². The van der Waals surface area contributed by atoms with Crippen molar-refractivity contribution >= 4 is 29.1 Å². The molecule has 1 N–H and O–H groups in total. The molecule has 4 rings (SSSR count). The quantitative estimate of drug-likeness (QED) is 0.293. The molecule has 1 unspecified atom stereocenters. The van der Waals surface area contributed by atoms with Gasteiger partial charge in [0.1, 0.15) is 23.1 Å². The van der Waals surface area contributed by atoms with Crippen molar-refractivity contribution in [2.45, 2.75) is 12.5 Å². The number of aliphatic hydroxyl groups excluding tert-OH is 1. The zero-order chi connectivity index (χ0) is 25.1. The number of rotatable bonds is 7. The summed E-state index contributed by atoms with van der Waals surface area (Å²) in [6.45, 7) is 0.168. The molecule has 0 saturated carbocycles. The maximum atomic E-state index is 13.3. The van der Waals surface area contributed by atoms with Crippen LogP contribution in [-0.4, -0.2) is 47.4 Å². The van der Waals surface area contributed by atoms with Gasteiger partial charge in [-0.15, -0.1) is 0 Å². The molecule has 0 aliphatic carbocycles. The highest BCUT2D eigenvalue weighted by atomic mass is 35.5. The second-order valence-corrected chi connectivity index (χ2v) is 8.24. The number of pyridine rings is 1. The molecule has 1 amide bonds. The first-order valence-electron chi connectivity index (χ1n) is 10.7. The van der Waals surface area contributed by atoms with Gasteiger partial charge < -0.3 is 19.5 Å². The van der Waals surface area contributed by atoms with Crippen LogP contribution in [0.1, 0.15) is 22.7 Å². The zero-order valence-corrected chi connectivity index (χ0v) is 19.8. The third kappa shape index (κ3) is 4.70. The van der Waals surface area contributed by atoms with Crippen LogP contribution in [0, 0.1) is 5.82 Å². The molecular weight excluding hydrogens is 475 g/mol. The molecule has 35 heavy (non-hydrogen) atoms. The first-order chi connectivity index (χ1) is 16.8. The number of methoxy groups -OCH3 is 2. The third-order valence-corrected chi connectivity index (χ3v) is 6.14. The minimum Gasteiger partial charge on any atom is -0.507 e. The van der Waals surface area contributed by atoms with Gasteiger partial charge in [-0.2, -0.15) is 0 Å². The number of nitrogens with zero attached hydrogens (tertiary/aromatic N) is 2. The van der Waals surface area contributed by atoms with Crippen molar-refractivity contribution in [3.8, 4) is 11.5 Å². The van der Waals surface area contributed by atoms with E-state index in [0.29, 0.717) is 12.0 Å². The number of likely N-dealkylation sites (tertiary alicyclic amines) is 1. The molecule has 1 saturated heterocycles. The summed E-state index contributed by atoms with van der Waals surface area (Å²) >= 11 is 6.19. The predicted octanol–water partition coefficient (Wildman–Crippen LogP) is 4.56. The van der Waals surface area contributed by atoms with Gasteiger partial charge in [-0.3, -0.25) is 14.6 Å². The maximum Gasteiger partial charge on any atom is 0.295 e. The minimum absolute atomic E-state index is 0.0945. The summed E-state index contributed by atoms with van der Waals surface area (Å²) in [6, 6.07) is 11.3. The number of ketones is 1. The van der Waals surface area contributed by atoms with Crippen LogP contribution in [0.25, 0.3) is 5.76 Å². The number of ether oxygens (including phenoxy) is 2. The second kappa shape index (κ2) is 10.1. The van der Waals surface area contributed by atoms with Crippen molar-refractivity contribution in [3.63, 3.8) is 0 Å². The van der Waals surface area contributed by atoms with Gasteiger partial charge in [0.05, 0.1) is 36.4 Å². The Balaban J connectivity index is 1.82. The summed E-state index contributed by atoms with van der Waals surface area (Å²) in [5, 5.41) is 11.6. The fraction of sp³-hybridized carbons (Fsp3) is 0.192. The Labute approximate surface area is 206 Å². The number of benzene rings is 2. The van der Waals surface area contributed by atoms with E-state index in [2.05, 4.69) is 4.98 Å². The van der Waals surface area contributed by atoms with E-state index in [9.17, 15) is 19.1 Å². The maximum absolute atomic E-state index is 13.3. The number of hydrogen-bond acceptors (Lipinski definition) is 6. The van der Waals surface area contributed by atoms with Crippen LogP contribution in [0.15, 0.2) is 66.5 Å². The van der Waals surface area contributed by atoms with E-state index in [1.54, 1.807) is 36.7 Å². The Hall–Kier alpha value is -3.91. The Morgan fingerprint density at radius 1 is 1.06 bits per heavy atom. The van der Waals surface area contributed by atoms with Crippen molar-refractivity contribution in [1.82, 2.24) is 9.88 Å². The number of aliphatic hydroxyl groups is 1. The summed E-state index contributed by atoms with van der Waals surface area (Å²) in [5.41, 5.74) is 1.46. The molecule has 3 aromatic rings. The lowest BCUT2D eigenvalue weighted by Gasteiger charge is -2.25. The molecular formula is C26H22ClFN2O5. The lowest BCUT2D eigenvalue weighted by molar-refractivity contribution is -0.139. The Morgan fingerprint density at radius 3 is 2.34 bits per heavy atom. The third-order valence-electron chi connectivity index (χ3n) is 5.85. The van der Waals surface area contributed by atoms with Crippen molar-refractivity contribution in [2.75, 3.05) is 20.8 Å². The van der Waals surface area contributed by atoms with E-state index in [0.717, 1.165) is 5.56 Å². The molecule has 0 radical (unpaired) electrons. The molecule has 0 bridgehead atoms.